The molecule has 5 heteroatoms. The van der Waals surface area contributed by atoms with Gasteiger partial charge < -0.3 is 15.0 Å². The number of benzene rings is 2. The van der Waals surface area contributed by atoms with Crippen LogP contribution in [0.5, 0.6) is 5.75 Å². The number of rotatable bonds is 5. The van der Waals surface area contributed by atoms with E-state index in [0.717, 1.165) is 44.0 Å². The van der Waals surface area contributed by atoms with Gasteiger partial charge in [0.05, 0.1) is 7.11 Å². The lowest BCUT2D eigenvalue weighted by atomic mass is 10.1. The molecular weight excluding hydrogens is 326 g/mol. The van der Waals surface area contributed by atoms with Crippen molar-refractivity contribution in [3.8, 4) is 5.75 Å². The summed E-state index contributed by atoms with van der Waals surface area (Å²) in [5.41, 5.74) is 3.67. The number of urea groups is 1. The monoisotopic (exact) mass is 353 g/mol. The van der Waals surface area contributed by atoms with Crippen molar-refractivity contribution in [1.82, 2.24) is 15.1 Å². The summed E-state index contributed by atoms with van der Waals surface area (Å²) in [6, 6.07) is 16.2. The number of hydrogen-bond acceptors (Lipinski definition) is 3. The SMILES string of the molecule is COc1ccccc1CNC(=O)N1CCN(Cc2ccccc2C)CC1. The number of aryl methyl sites for hydroxylation is 1. The molecule has 1 aliphatic heterocycles. The molecule has 0 radical (unpaired) electrons. The van der Waals surface area contributed by atoms with Crippen molar-refractivity contribution in [3.05, 3.63) is 65.2 Å². The number of para-hydroxylation sites is 1. The third-order valence-corrected chi connectivity index (χ3v) is 4.94. The lowest BCUT2D eigenvalue weighted by Gasteiger charge is -2.35. The molecule has 5 nitrogen and oxygen atoms in total. The minimum absolute atomic E-state index is 0.00792. The van der Waals surface area contributed by atoms with Crippen LogP contribution >= 0.6 is 0 Å². The first-order valence-electron chi connectivity index (χ1n) is 9.09. The Hall–Kier alpha value is -2.53. The normalized spacial score (nSPS) is 14.9. The van der Waals surface area contributed by atoms with Gasteiger partial charge in [0, 0.05) is 44.8 Å². The first-order valence-corrected chi connectivity index (χ1v) is 9.09. The molecule has 0 saturated carbocycles. The number of amides is 2. The molecule has 3 rings (SSSR count). The standard InChI is InChI=1S/C21H27N3O2/c1-17-7-3-4-9-19(17)16-23-11-13-24(14-12-23)21(25)22-15-18-8-5-6-10-20(18)26-2/h3-10H,11-16H2,1-2H3,(H,22,25). The van der Waals surface area contributed by atoms with E-state index in [0.29, 0.717) is 6.54 Å². The van der Waals surface area contributed by atoms with Crippen LogP contribution in [0.3, 0.4) is 0 Å². The number of nitrogens with one attached hydrogen (secondary N) is 1. The van der Waals surface area contributed by atoms with Gasteiger partial charge in [-0.2, -0.15) is 0 Å². The molecular formula is C21H27N3O2. The fourth-order valence-electron chi connectivity index (χ4n) is 3.27. The highest BCUT2D eigenvalue weighted by Crippen LogP contribution is 2.17. The predicted octanol–water partition coefficient (Wildman–Crippen LogP) is 3.03. The summed E-state index contributed by atoms with van der Waals surface area (Å²) in [7, 11) is 1.65. The number of nitrogens with zero attached hydrogens (tertiary/aromatic N) is 2. The highest BCUT2D eigenvalue weighted by Gasteiger charge is 2.21. The van der Waals surface area contributed by atoms with Crippen molar-refractivity contribution in [2.45, 2.75) is 20.0 Å². The van der Waals surface area contributed by atoms with Gasteiger partial charge in [0.2, 0.25) is 0 Å². The smallest absolute Gasteiger partial charge is 0.317 e. The molecule has 2 aromatic carbocycles. The number of piperazine rings is 1. The van der Waals surface area contributed by atoms with Crippen LogP contribution < -0.4 is 10.1 Å². The Morgan fingerprint density at radius 2 is 1.65 bits per heavy atom. The molecule has 1 heterocycles. The van der Waals surface area contributed by atoms with E-state index in [-0.39, 0.29) is 6.03 Å². The van der Waals surface area contributed by atoms with Crippen LogP contribution in [0, 0.1) is 6.92 Å². The Morgan fingerprint density at radius 3 is 2.35 bits per heavy atom. The summed E-state index contributed by atoms with van der Waals surface area (Å²) >= 11 is 0. The van der Waals surface area contributed by atoms with E-state index in [2.05, 4.69) is 41.4 Å². The van der Waals surface area contributed by atoms with Gasteiger partial charge in [-0.3, -0.25) is 4.90 Å². The Balaban J connectivity index is 1.47. The maximum absolute atomic E-state index is 12.4. The summed E-state index contributed by atoms with van der Waals surface area (Å²) in [4.78, 5) is 16.7. The van der Waals surface area contributed by atoms with Crippen LogP contribution in [-0.4, -0.2) is 49.1 Å². The first-order chi connectivity index (χ1) is 12.7. The average molecular weight is 353 g/mol. The molecule has 0 bridgehead atoms. The van der Waals surface area contributed by atoms with Gasteiger partial charge in [-0.05, 0) is 24.1 Å². The van der Waals surface area contributed by atoms with Crippen LogP contribution in [0.4, 0.5) is 4.79 Å². The molecule has 1 saturated heterocycles. The molecule has 138 valence electrons. The van der Waals surface area contributed by atoms with Crippen LogP contribution in [0.25, 0.3) is 0 Å². The zero-order valence-corrected chi connectivity index (χ0v) is 15.6. The Labute approximate surface area is 155 Å². The summed E-state index contributed by atoms with van der Waals surface area (Å²) in [6.45, 7) is 6.88. The van der Waals surface area contributed by atoms with E-state index in [4.69, 9.17) is 4.74 Å². The number of ether oxygens (including phenoxy) is 1. The van der Waals surface area contributed by atoms with Crippen LogP contribution in [-0.2, 0) is 13.1 Å². The van der Waals surface area contributed by atoms with Crippen LogP contribution in [0.1, 0.15) is 16.7 Å². The lowest BCUT2D eigenvalue weighted by molar-refractivity contribution is 0.135. The second-order valence-electron chi connectivity index (χ2n) is 6.66. The van der Waals surface area contributed by atoms with E-state index in [1.54, 1.807) is 7.11 Å². The molecule has 26 heavy (non-hydrogen) atoms. The van der Waals surface area contributed by atoms with Crippen molar-refractivity contribution < 1.29 is 9.53 Å². The largest absolute Gasteiger partial charge is 0.496 e. The van der Waals surface area contributed by atoms with Crippen molar-refractivity contribution >= 4 is 6.03 Å². The molecule has 1 aliphatic rings. The summed E-state index contributed by atoms with van der Waals surface area (Å²) in [5, 5.41) is 3.01. The van der Waals surface area contributed by atoms with E-state index < -0.39 is 0 Å². The van der Waals surface area contributed by atoms with Crippen molar-refractivity contribution in [2.75, 3.05) is 33.3 Å². The molecule has 0 aliphatic carbocycles. The Bertz CT molecular complexity index is 740. The quantitative estimate of drug-likeness (QED) is 0.899. The third kappa shape index (κ3) is 4.55. The number of carbonyl (C=O) groups is 1. The molecule has 1 N–H and O–H groups in total. The summed E-state index contributed by atoms with van der Waals surface area (Å²) in [5.74, 6) is 0.802. The number of carbonyl (C=O) groups excluding carboxylic acids is 1. The lowest BCUT2D eigenvalue weighted by Crippen LogP contribution is -2.51. The first kappa shape index (κ1) is 18.3. The molecule has 0 aromatic heterocycles. The van der Waals surface area contributed by atoms with Crippen molar-refractivity contribution in [2.24, 2.45) is 0 Å². The fourth-order valence-corrected chi connectivity index (χ4v) is 3.27. The highest BCUT2D eigenvalue weighted by molar-refractivity contribution is 5.74. The second kappa shape index (κ2) is 8.72. The zero-order chi connectivity index (χ0) is 18.4. The zero-order valence-electron chi connectivity index (χ0n) is 15.6. The van der Waals surface area contributed by atoms with Gasteiger partial charge in [-0.15, -0.1) is 0 Å². The maximum atomic E-state index is 12.4. The van der Waals surface area contributed by atoms with E-state index >= 15 is 0 Å². The topological polar surface area (TPSA) is 44.8 Å². The molecule has 0 atom stereocenters. The van der Waals surface area contributed by atoms with Gasteiger partial charge in [-0.1, -0.05) is 42.5 Å². The Morgan fingerprint density at radius 1 is 1.00 bits per heavy atom. The number of methoxy groups -OCH3 is 1. The molecule has 2 aromatic rings. The van der Waals surface area contributed by atoms with E-state index in [1.807, 2.05) is 29.2 Å². The maximum Gasteiger partial charge on any atom is 0.317 e. The van der Waals surface area contributed by atoms with Crippen LogP contribution in [0.2, 0.25) is 0 Å². The molecule has 2 amide bonds. The molecule has 0 unspecified atom stereocenters. The van der Waals surface area contributed by atoms with Gasteiger partial charge in [0.1, 0.15) is 5.75 Å². The van der Waals surface area contributed by atoms with Gasteiger partial charge in [0.25, 0.3) is 0 Å². The average Bonchev–Trinajstić information content (AvgIpc) is 2.68. The fraction of sp³-hybridized carbons (Fsp3) is 0.381. The summed E-state index contributed by atoms with van der Waals surface area (Å²) < 4.78 is 5.33. The summed E-state index contributed by atoms with van der Waals surface area (Å²) in [6.07, 6.45) is 0. The van der Waals surface area contributed by atoms with E-state index in [9.17, 15) is 4.79 Å². The molecule has 1 fully saturated rings. The Kier molecular flexibility index (Phi) is 6.12. The minimum Gasteiger partial charge on any atom is -0.496 e. The third-order valence-electron chi connectivity index (χ3n) is 4.94. The van der Waals surface area contributed by atoms with Crippen LogP contribution in [0.15, 0.2) is 48.5 Å². The number of hydrogen-bond donors (Lipinski definition) is 1. The minimum atomic E-state index is -0.00792. The second-order valence-corrected chi connectivity index (χ2v) is 6.66. The molecule has 0 spiro atoms. The van der Waals surface area contributed by atoms with Crippen molar-refractivity contribution in [1.29, 1.82) is 0 Å². The van der Waals surface area contributed by atoms with E-state index in [1.165, 1.54) is 11.1 Å². The highest BCUT2D eigenvalue weighted by atomic mass is 16.5. The van der Waals surface area contributed by atoms with Gasteiger partial charge >= 0.3 is 6.03 Å². The predicted molar refractivity (Wildman–Crippen MR) is 103 cm³/mol. The van der Waals surface area contributed by atoms with Gasteiger partial charge in [0.15, 0.2) is 0 Å². The van der Waals surface area contributed by atoms with Gasteiger partial charge in [-0.25, -0.2) is 4.79 Å². The van der Waals surface area contributed by atoms with Crippen molar-refractivity contribution in [3.63, 3.8) is 0 Å².